The average molecular weight is 512 g/mol. The third-order valence-corrected chi connectivity index (χ3v) is 7.28. The molecule has 1 amide bonds. The van der Waals surface area contributed by atoms with E-state index in [1.807, 2.05) is 12.1 Å². The second-order valence-corrected chi connectivity index (χ2v) is 10.1. The molecular formula is C28H32F3N5O. The molecule has 6 nitrogen and oxygen atoms in total. The lowest BCUT2D eigenvalue weighted by atomic mass is 9.98. The van der Waals surface area contributed by atoms with Crippen molar-refractivity contribution < 1.29 is 18.0 Å². The van der Waals surface area contributed by atoms with E-state index in [2.05, 4.69) is 21.4 Å². The summed E-state index contributed by atoms with van der Waals surface area (Å²) in [5.74, 6) is 0.169. The van der Waals surface area contributed by atoms with Crippen LogP contribution in [0.25, 0.3) is 5.69 Å². The normalized spacial score (nSPS) is 17.2. The van der Waals surface area contributed by atoms with Crippen molar-refractivity contribution in [3.8, 4) is 5.69 Å². The fourth-order valence-corrected chi connectivity index (χ4v) is 5.13. The predicted molar refractivity (Wildman–Crippen MR) is 136 cm³/mol. The van der Waals surface area contributed by atoms with Gasteiger partial charge in [-0.1, -0.05) is 37.1 Å². The Morgan fingerprint density at radius 1 is 1.08 bits per heavy atom. The van der Waals surface area contributed by atoms with E-state index in [1.54, 1.807) is 30.3 Å². The number of carbonyl (C=O) groups is 1. The van der Waals surface area contributed by atoms with Gasteiger partial charge < -0.3 is 11.1 Å². The molecule has 1 atom stereocenters. The number of hydrogen-bond donors (Lipinski definition) is 2. The van der Waals surface area contributed by atoms with Crippen LogP contribution >= 0.6 is 0 Å². The summed E-state index contributed by atoms with van der Waals surface area (Å²) in [6.45, 7) is 2.34. The number of amides is 1. The quantitative estimate of drug-likeness (QED) is 0.373. The third kappa shape index (κ3) is 6.05. The molecule has 2 aliphatic rings. The maximum Gasteiger partial charge on any atom is 0.435 e. The van der Waals surface area contributed by atoms with Crippen LogP contribution in [0.3, 0.4) is 0 Å². The minimum Gasteiger partial charge on any atom is -0.326 e. The van der Waals surface area contributed by atoms with Crippen LogP contribution in [0.1, 0.15) is 71.9 Å². The lowest BCUT2D eigenvalue weighted by Gasteiger charge is -2.28. The first-order valence-corrected chi connectivity index (χ1v) is 12.9. The van der Waals surface area contributed by atoms with Crippen molar-refractivity contribution in [2.75, 3.05) is 18.4 Å². The third-order valence-electron chi connectivity index (χ3n) is 7.28. The van der Waals surface area contributed by atoms with E-state index in [9.17, 15) is 18.0 Å². The largest absolute Gasteiger partial charge is 0.435 e. The monoisotopic (exact) mass is 511 g/mol. The molecule has 2 heterocycles. The summed E-state index contributed by atoms with van der Waals surface area (Å²) in [6, 6.07) is 15.4. The van der Waals surface area contributed by atoms with Gasteiger partial charge in [0.2, 0.25) is 0 Å². The van der Waals surface area contributed by atoms with Gasteiger partial charge in [0.25, 0.3) is 5.91 Å². The molecular weight excluding hydrogens is 479 g/mol. The van der Waals surface area contributed by atoms with Crippen molar-refractivity contribution in [1.29, 1.82) is 0 Å². The Morgan fingerprint density at radius 2 is 1.84 bits per heavy atom. The van der Waals surface area contributed by atoms with Gasteiger partial charge in [0.05, 0.1) is 5.69 Å². The van der Waals surface area contributed by atoms with Gasteiger partial charge in [-0.3, -0.25) is 9.69 Å². The average Bonchev–Trinajstić information content (AvgIpc) is 3.35. The number of rotatable bonds is 9. The predicted octanol–water partition coefficient (Wildman–Crippen LogP) is 5.93. The molecule has 9 heteroatoms. The Balaban J connectivity index is 1.42. The second-order valence-electron chi connectivity index (χ2n) is 10.1. The first-order chi connectivity index (χ1) is 17.8. The molecule has 1 unspecified atom stereocenters. The van der Waals surface area contributed by atoms with E-state index in [4.69, 9.17) is 5.73 Å². The first-order valence-electron chi connectivity index (χ1n) is 12.9. The van der Waals surface area contributed by atoms with E-state index < -0.39 is 17.8 Å². The Labute approximate surface area is 214 Å². The lowest BCUT2D eigenvalue weighted by Crippen LogP contribution is -2.26. The van der Waals surface area contributed by atoms with Crippen molar-refractivity contribution in [2.24, 2.45) is 11.7 Å². The second kappa shape index (κ2) is 10.7. The van der Waals surface area contributed by atoms with Gasteiger partial charge in [0.1, 0.15) is 5.69 Å². The van der Waals surface area contributed by atoms with Crippen molar-refractivity contribution in [3.63, 3.8) is 0 Å². The Bertz CT molecular complexity index is 1240. The Morgan fingerprint density at radius 3 is 2.54 bits per heavy atom. The van der Waals surface area contributed by atoms with Gasteiger partial charge in [0, 0.05) is 24.3 Å². The van der Waals surface area contributed by atoms with Crippen LogP contribution in [-0.4, -0.2) is 33.7 Å². The van der Waals surface area contributed by atoms with Crippen LogP contribution in [0.4, 0.5) is 18.9 Å². The lowest BCUT2D eigenvalue weighted by molar-refractivity contribution is -0.141. The number of likely N-dealkylation sites (tertiary alicyclic amines) is 1. The van der Waals surface area contributed by atoms with Crippen molar-refractivity contribution in [3.05, 3.63) is 77.1 Å². The standard InChI is InChI=1S/C28H32F3N5O/c29-28(30,31)26-17-25(36(34-26)23-8-3-5-20(15-23)18-32)27(37)33-22-7-4-6-21(16-22)24(12-11-19-9-10-19)35-13-1-2-14-35/h3-8,15-17,19,24H,1-2,9-14,18,32H2,(H,33,37). The molecule has 1 aliphatic carbocycles. The molecule has 0 bridgehead atoms. The molecule has 3 aromatic rings. The highest BCUT2D eigenvalue weighted by atomic mass is 19.4. The van der Waals surface area contributed by atoms with Gasteiger partial charge in [-0.15, -0.1) is 0 Å². The zero-order valence-corrected chi connectivity index (χ0v) is 20.7. The molecule has 0 spiro atoms. The zero-order valence-electron chi connectivity index (χ0n) is 20.7. The van der Waals surface area contributed by atoms with Gasteiger partial charge in [-0.05, 0) is 80.1 Å². The fourth-order valence-electron chi connectivity index (χ4n) is 5.13. The van der Waals surface area contributed by atoms with Crippen LogP contribution in [0.15, 0.2) is 54.6 Å². The van der Waals surface area contributed by atoms with Gasteiger partial charge >= 0.3 is 6.18 Å². The van der Waals surface area contributed by atoms with Crippen LogP contribution in [-0.2, 0) is 12.7 Å². The van der Waals surface area contributed by atoms with Gasteiger partial charge in [-0.2, -0.15) is 18.3 Å². The number of alkyl halides is 3. The number of nitrogens with two attached hydrogens (primary N) is 1. The molecule has 1 aromatic heterocycles. The zero-order chi connectivity index (χ0) is 26.0. The van der Waals surface area contributed by atoms with Gasteiger partial charge in [0.15, 0.2) is 5.69 Å². The highest BCUT2D eigenvalue weighted by Crippen LogP contribution is 2.39. The SMILES string of the molecule is NCc1cccc(-n2nc(C(F)(F)F)cc2C(=O)Nc2cccc(C(CCC3CC3)N3CCCC3)c2)c1. The molecule has 196 valence electrons. The van der Waals surface area contributed by atoms with E-state index in [1.165, 1.54) is 32.1 Å². The first kappa shape index (κ1) is 25.5. The molecule has 2 aromatic carbocycles. The number of nitrogens with one attached hydrogen (secondary N) is 1. The smallest absolute Gasteiger partial charge is 0.326 e. The van der Waals surface area contributed by atoms with E-state index in [0.717, 1.165) is 47.3 Å². The van der Waals surface area contributed by atoms with Crippen LogP contribution < -0.4 is 11.1 Å². The van der Waals surface area contributed by atoms with Crippen molar-refractivity contribution in [1.82, 2.24) is 14.7 Å². The molecule has 1 aliphatic heterocycles. The van der Waals surface area contributed by atoms with Crippen LogP contribution in [0.2, 0.25) is 0 Å². The minimum absolute atomic E-state index is 0.197. The van der Waals surface area contributed by atoms with Crippen LogP contribution in [0, 0.1) is 5.92 Å². The topological polar surface area (TPSA) is 76.2 Å². The molecule has 37 heavy (non-hydrogen) atoms. The number of aromatic nitrogens is 2. The van der Waals surface area contributed by atoms with Gasteiger partial charge in [-0.25, -0.2) is 4.68 Å². The Hall–Kier alpha value is -3.17. The maximum atomic E-state index is 13.5. The highest BCUT2D eigenvalue weighted by molar-refractivity contribution is 6.03. The molecule has 0 radical (unpaired) electrons. The molecule has 1 saturated carbocycles. The summed E-state index contributed by atoms with van der Waals surface area (Å²) in [4.78, 5) is 15.8. The summed E-state index contributed by atoms with van der Waals surface area (Å²) in [6.07, 6.45) is 2.58. The molecule has 3 N–H and O–H groups in total. The maximum absolute atomic E-state index is 13.5. The van der Waals surface area contributed by atoms with Crippen molar-refractivity contribution >= 4 is 11.6 Å². The van der Waals surface area contributed by atoms with Crippen molar-refractivity contribution in [2.45, 2.75) is 57.3 Å². The number of nitrogens with zero attached hydrogens (tertiary/aromatic N) is 3. The number of carbonyl (C=O) groups excluding carboxylic acids is 1. The highest BCUT2D eigenvalue weighted by Gasteiger charge is 2.36. The molecule has 1 saturated heterocycles. The molecule has 5 rings (SSSR count). The van der Waals surface area contributed by atoms with E-state index in [0.29, 0.717) is 11.4 Å². The molecule has 2 fully saturated rings. The summed E-state index contributed by atoms with van der Waals surface area (Å²) >= 11 is 0. The Kier molecular flexibility index (Phi) is 7.35. The van der Waals surface area contributed by atoms with Crippen LogP contribution in [0.5, 0.6) is 0 Å². The minimum atomic E-state index is -4.68. The summed E-state index contributed by atoms with van der Waals surface area (Å²) in [7, 11) is 0. The van der Waals surface area contributed by atoms with E-state index in [-0.39, 0.29) is 18.3 Å². The number of anilines is 1. The summed E-state index contributed by atoms with van der Waals surface area (Å²) in [5.41, 5.74) is 7.12. The van der Waals surface area contributed by atoms with E-state index >= 15 is 0 Å². The number of benzene rings is 2. The fraction of sp³-hybridized carbons (Fsp3) is 0.429. The summed E-state index contributed by atoms with van der Waals surface area (Å²) < 4.78 is 41.6. The number of halogens is 3. The number of hydrogen-bond acceptors (Lipinski definition) is 4. The summed E-state index contributed by atoms with van der Waals surface area (Å²) in [5, 5.41) is 6.53.